The van der Waals surface area contributed by atoms with E-state index in [1.165, 1.54) is 0 Å². The highest BCUT2D eigenvalue weighted by molar-refractivity contribution is 7.88. The molecule has 0 radical (unpaired) electrons. The molecule has 1 aromatic heterocycles. The van der Waals surface area contributed by atoms with Crippen LogP contribution in [0.1, 0.15) is 19.4 Å². The Kier molecular flexibility index (Phi) is 4.12. The Morgan fingerprint density at radius 2 is 2.12 bits per heavy atom. The van der Waals surface area contributed by atoms with E-state index >= 15 is 0 Å². The van der Waals surface area contributed by atoms with Crippen molar-refractivity contribution in [1.82, 2.24) is 10.0 Å². The van der Waals surface area contributed by atoms with Crippen molar-refractivity contribution in [1.29, 1.82) is 0 Å². The van der Waals surface area contributed by atoms with E-state index in [1.807, 2.05) is 19.9 Å². The Bertz CT molecular complexity index is 409. The summed E-state index contributed by atoms with van der Waals surface area (Å²) in [7, 11) is -3.17. The van der Waals surface area contributed by atoms with Crippen LogP contribution in [0.5, 0.6) is 0 Å². The predicted octanol–water partition coefficient (Wildman–Crippen LogP) is 0.697. The fraction of sp³-hybridized carbons (Fsp3) is 0.600. The van der Waals surface area contributed by atoms with Gasteiger partial charge in [-0.3, -0.25) is 0 Å². The third-order valence-corrected chi connectivity index (χ3v) is 2.86. The average molecular weight is 246 g/mol. The van der Waals surface area contributed by atoms with E-state index in [0.717, 1.165) is 11.8 Å². The highest BCUT2D eigenvalue weighted by Crippen LogP contribution is 2.04. The Morgan fingerprint density at radius 1 is 1.44 bits per heavy atom. The molecule has 0 aliphatic heterocycles. The summed E-state index contributed by atoms with van der Waals surface area (Å²) in [5.41, 5.74) is 0.535. The molecule has 0 spiro atoms. The van der Waals surface area contributed by atoms with E-state index in [2.05, 4.69) is 10.0 Å². The van der Waals surface area contributed by atoms with Crippen LogP contribution in [0, 0.1) is 0 Å². The Balaban J connectivity index is 2.36. The van der Waals surface area contributed by atoms with Gasteiger partial charge >= 0.3 is 0 Å². The molecule has 0 aliphatic rings. The zero-order valence-corrected chi connectivity index (χ0v) is 10.6. The van der Waals surface area contributed by atoms with Crippen molar-refractivity contribution in [3.05, 3.63) is 24.2 Å². The van der Waals surface area contributed by atoms with E-state index in [0.29, 0.717) is 13.1 Å². The minimum atomic E-state index is -3.17. The summed E-state index contributed by atoms with van der Waals surface area (Å²) in [5, 5.41) is 3.16. The molecule has 92 valence electrons. The van der Waals surface area contributed by atoms with Crippen LogP contribution in [-0.4, -0.2) is 26.8 Å². The number of nitrogens with one attached hydrogen (secondary N) is 2. The zero-order chi connectivity index (χ0) is 12.2. The predicted molar refractivity (Wildman–Crippen MR) is 62.5 cm³/mol. The molecule has 2 N–H and O–H groups in total. The van der Waals surface area contributed by atoms with Crippen molar-refractivity contribution in [3.63, 3.8) is 0 Å². The molecule has 16 heavy (non-hydrogen) atoms. The lowest BCUT2D eigenvalue weighted by Gasteiger charge is -2.25. The van der Waals surface area contributed by atoms with E-state index in [9.17, 15) is 8.42 Å². The van der Waals surface area contributed by atoms with Gasteiger partial charge in [-0.25, -0.2) is 13.1 Å². The van der Waals surface area contributed by atoms with Crippen LogP contribution in [-0.2, 0) is 16.6 Å². The molecule has 1 heterocycles. The normalized spacial score (nSPS) is 12.9. The molecule has 1 rings (SSSR count). The SMILES string of the molecule is CC(C)(CNCc1ccoc1)NS(C)(=O)=O. The fourth-order valence-corrected chi connectivity index (χ4v) is 2.53. The van der Waals surface area contributed by atoms with Crippen molar-refractivity contribution in [2.75, 3.05) is 12.8 Å². The van der Waals surface area contributed by atoms with Gasteiger partial charge in [0.15, 0.2) is 0 Å². The van der Waals surface area contributed by atoms with Crippen molar-refractivity contribution < 1.29 is 12.8 Å². The van der Waals surface area contributed by atoms with Gasteiger partial charge in [-0.05, 0) is 19.9 Å². The molecule has 0 bridgehead atoms. The third-order valence-electron chi connectivity index (χ3n) is 1.94. The molecule has 1 aromatic rings. The standard InChI is InChI=1S/C10H18N2O3S/c1-10(2,12-16(3,13)14)8-11-6-9-4-5-15-7-9/h4-5,7,11-12H,6,8H2,1-3H3. The second-order valence-corrected chi connectivity index (χ2v) is 6.24. The summed E-state index contributed by atoms with van der Waals surface area (Å²) < 4.78 is 29.7. The lowest BCUT2D eigenvalue weighted by Crippen LogP contribution is -2.49. The zero-order valence-electron chi connectivity index (χ0n) is 9.78. The molecule has 0 unspecified atom stereocenters. The van der Waals surface area contributed by atoms with Crippen LogP contribution < -0.4 is 10.0 Å². The van der Waals surface area contributed by atoms with Crippen LogP contribution >= 0.6 is 0 Å². The lowest BCUT2D eigenvalue weighted by atomic mass is 10.1. The van der Waals surface area contributed by atoms with Gasteiger partial charge in [0.25, 0.3) is 0 Å². The molecule has 0 aromatic carbocycles. The molecule has 6 heteroatoms. The molecule has 5 nitrogen and oxygen atoms in total. The van der Waals surface area contributed by atoms with Crippen LogP contribution in [0.15, 0.2) is 23.0 Å². The number of sulfonamides is 1. The Labute approximate surface area is 96.3 Å². The van der Waals surface area contributed by atoms with Gasteiger partial charge in [0.2, 0.25) is 10.0 Å². The molecular weight excluding hydrogens is 228 g/mol. The molecule has 0 saturated carbocycles. The first kappa shape index (κ1) is 13.2. The van der Waals surface area contributed by atoms with Gasteiger partial charge in [-0.1, -0.05) is 0 Å². The van der Waals surface area contributed by atoms with Gasteiger partial charge in [0, 0.05) is 24.2 Å². The maximum atomic E-state index is 11.1. The van der Waals surface area contributed by atoms with Crippen LogP contribution in [0.4, 0.5) is 0 Å². The molecule has 0 atom stereocenters. The van der Waals surface area contributed by atoms with Crippen LogP contribution in [0.25, 0.3) is 0 Å². The minimum Gasteiger partial charge on any atom is -0.472 e. The summed E-state index contributed by atoms with van der Waals surface area (Å²) in [4.78, 5) is 0. The van der Waals surface area contributed by atoms with Crippen LogP contribution in [0.3, 0.4) is 0 Å². The Morgan fingerprint density at radius 3 is 2.62 bits per heavy atom. The molecule has 0 aliphatic carbocycles. The van der Waals surface area contributed by atoms with Crippen molar-refractivity contribution in [3.8, 4) is 0 Å². The summed E-state index contributed by atoms with van der Waals surface area (Å²) in [6, 6.07) is 1.87. The number of hydrogen-bond acceptors (Lipinski definition) is 4. The quantitative estimate of drug-likeness (QED) is 0.775. The monoisotopic (exact) mass is 246 g/mol. The van der Waals surface area contributed by atoms with E-state index in [1.54, 1.807) is 12.5 Å². The van der Waals surface area contributed by atoms with E-state index < -0.39 is 15.6 Å². The number of hydrogen-bond donors (Lipinski definition) is 2. The number of furan rings is 1. The highest BCUT2D eigenvalue weighted by atomic mass is 32.2. The summed E-state index contributed by atoms with van der Waals surface area (Å²) >= 11 is 0. The van der Waals surface area contributed by atoms with Crippen molar-refractivity contribution in [2.45, 2.75) is 25.9 Å². The summed E-state index contributed by atoms with van der Waals surface area (Å²) in [6.07, 6.45) is 4.42. The summed E-state index contributed by atoms with van der Waals surface area (Å²) in [5.74, 6) is 0. The molecular formula is C10H18N2O3S. The van der Waals surface area contributed by atoms with Crippen LogP contribution in [0.2, 0.25) is 0 Å². The summed E-state index contributed by atoms with van der Waals surface area (Å²) in [6.45, 7) is 4.86. The second kappa shape index (κ2) is 4.99. The van der Waals surface area contributed by atoms with Crippen molar-refractivity contribution >= 4 is 10.0 Å². The lowest BCUT2D eigenvalue weighted by molar-refractivity contribution is 0.420. The maximum absolute atomic E-state index is 11.1. The first-order valence-electron chi connectivity index (χ1n) is 4.99. The maximum Gasteiger partial charge on any atom is 0.209 e. The second-order valence-electron chi connectivity index (χ2n) is 4.49. The Hall–Kier alpha value is -0.850. The smallest absolute Gasteiger partial charge is 0.209 e. The van der Waals surface area contributed by atoms with Crippen molar-refractivity contribution in [2.24, 2.45) is 0 Å². The average Bonchev–Trinajstić information content (AvgIpc) is 2.51. The largest absolute Gasteiger partial charge is 0.472 e. The highest BCUT2D eigenvalue weighted by Gasteiger charge is 2.21. The molecule has 0 amide bonds. The van der Waals surface area contributed by atoms with E-state index in [-0.39, 0.29) is 0 Å². The van der Waals surface area contributed by atoms with E-state index in [4.69, 9.17) is 4.42 Å². The third kappa shape index (κ3) is 5.29. The first-order valence-corrected chi connectivity index (χ1v) is 6.88. The molecule has 0 fully saturated rings. The topological polar surface area (TPSA) is 71.3 Å². The number of rotatable bonds is 6. The van der Waals surface area contributed by atoms with Gasteiger partial charge in [-0.2, -0.15) is 0 Å². The molecule has 0 saturated heterocycles. The van der Waals surface area contributed by atoms with Gasteiger partial charge < -0.3 is 9.73 Å². The van der Waals surface area contributed by atoms with Gasteiger partial charge in [-0.15, -0.1) is 0 Å². The van der Waals surface area contributed by atoms with Gasteiger partial charge in [0.1, 0.15) is 0 Å². The fourth-order valence-electron chi connectivity index (χ4n) is 1.45. The first-order chi connectivity index (χ1) is 7.29. The minimum absolute atomic E-state index is 0.503. The van der Waals surface area contributed by atoms with Gasteiger partial charge in [0.05, 0.1) is 18.8 Å².